The number of nitrogen functional groups attached to an aromatic ring is 2. The first-order chi connectivity index (χ1) is 12.4. The summed E-state index contributed by atoms with van der Waals surface area (Å²) in [4.78, 5) is 34.3. The average molecular weight is 370 g/mol. The number of aromatic nitrogens is 3. The number of nitrogens with one attached hydrogen (secondary N) is 1. The molecule has 0 spiro atoms. The van der Waals surface area contributed by atoms with Crippen molar-refractivity contribution >= 4 is 38.8 Å². The van der Waals surface area contributed by atoms with Gasteiger partial charge in [-0.05, 0) is 18.6 Å². The van der Waals surface area contributed by atoms with Crippen molar-refractivity contribution in [3.05, 3.63) is 45.6 Å². The summed E-state index contributed by atoms with van der Waals surface area (Å²) in [7, 11) is 0. The smallest absolute Gasteiger partial charge is 0.277 e. The van der Waals surface area contributed by atoms with E-state index < -0.39 is 6.04 Å². The number of anilines is 2. The predicted octanol–water partition coefficient (Wildman–Crippen LogP) is 1.38. The van der Waals surface area contributed by atoms with E-state index in [9.17, 15) is 9.59 Å². The zero-order valence-corrected chi connectivity index (χ0v) is 14.9. The SMILES string of the molecule is CC1CC(C(=O)NCc2cc3cnc(N)cc3s2)n2c1ncc(N)c2=O. The van der Waals surface area contributed by atoms with Crippen LogP contribution in [0.25, 0.3) is 10.1 Å². The second-order valence-corrected chi connectivity index (χ2v) is 7.65. The van der Waals surface area contributed by atoms with Gasteiger partial charge in [0.2, 0.25) is 5.91 Å². The summed E-state index contributed by atoms with van der Waals surface area (Å²) in [6.07, 6.45) is 3.61. The first-order valence-electron chi connectivity index (χ1n) is 8.22. The van der Waals surface area contributed by atoms with Crippen molar-refractivity contribution in [1.29, 1.82) is 0 Å². The van der Waals surface area contributed by atoms with Crippen LogP contribution in [0.4, 0.5) is 11.5 Å². The fourth-order valence-corrected chi connectivity index (χ4v) is 4.34. The summed E-state index contributed by atoms with van der Waals surface area (Å²) in [6.45, 7) is 2.33. The summed E-state index contributed by atoms with van der Waals surface area (Å²) in [5, 5.41) is 3.90. The Morgan fingerprint density at radius 3 is 2.96 bits per heavy atom. The Morgan fingerprint density at radius 2 is 2.15 bits per heavy atom. The molecule has 0 radical (unpaired) electrons. The highest BCUT2D eigenvalue weighted by Crippen LogP contribution is 2.33. The number of fused-ring (bicyclic) bond motifs is 2. The Hall–Kier alpha value is -2.94. The van der Waals surface area contributed by atoms with E-state index >= 15 is 0 Å². The van der Waals surface area contributed by atoms with Crippen LogP contribution in [0, 0.1) is 0 Å². The van der Waals surface area contributed by atoms with E-state index in [0.29, 0.717) is 24.6 Å². The van der Waals surface area contributed by atoms with Crippen LogP contribution < -0.4 is 22.3 Å². The van der Waals surface area contributed by atoms with Gasteiger partial charge in [0.1, 0.15) is 23.4 Å². The van der Waals surface area contributed by atoms with Crippen molar-refractivity contribution < 1.29 is 4.79 Å². The number of hydrogen-bond donors (Lipinski definition) is 3. The van der Waals surface area contributed by atoms with Crippen LogP contribution in [0.15, 0.2) is 29.3 Å². The van der Waals surface area contributed by atoms with Gasteiger partial charge in [-0.3, -0.25) is 14.2 Å². The van der Waals surface area contributed by atoms with Crippen LogP contribution in [0.3, 0.4) is 0 Å². The third-order valence-electron chi connectivity index (χ3n) is 4.59. The zero-order valence-electron chi connectivity index (χ0n) is 14.1. The molecule has 2 unspecified atom stereocenters. The van der Waals surface area contributed by atoms with Crippen LogP contribution in [0.5, 0.6) is 0 Å². The number of hydrogen-bond acceptors (Lipinski definition) is 7. The molecule has 0 bridgehead atoms. The highest BCUT2D eigenvalue weighted by molar-refractivity contribution is 7.19. The van der Waals surface area contributed by atoms with Gasteiger partial charge in [0.05, 0.1) is 12.7 Å². The monoisotopic (exact) mass is 370 g/mol. The maximum absolute atomic E-state index is 12.7. The Kier molecular flexibility index (Phi) is 3.87. The van der Waals surface area contributed by atoms with Crippen molar-refractivity contribution in [2.45, 2.75) is 31.8 Å². The Bertz CT molecular complexity index is 1070. The molecule has 0 saturated heterocycles. The van der Waals surface area contributed by atoms with Gasteiger partial charge in [-0.1, -0.05) is 6.92 Å². The maximum Gasteiger partial charge on any atom is 0.277 e. The summed E-state index contributed by atoms with van der Waals surface area (Å²) < 4.78 is 2.44. The van der Waals surface area contributed by atoms with Crippen molar-refractivity contribution in [2.24, 2.45) is 0 Å². The molecule has 26 heavy (non-hydrogen) atoms. The van der Waals surface area contributed by atoms with Crippen LogP contribution in [0.1, 0.15) is 36.0 Å². The van der Waals surface area contributed by atoms with E-state index in [0.717, 1.165) is 15.0 Å². The number of amides is 1. The molecule has 1 aliphatic heterocycles. The van der Waals surface area contributed by atoms with Crippen molar-refractivity contribution in [1.82, 2.24) is 19.9 Å². The largest absolute Gasteiger partial charge is 0.393 e. The van der Waals surface area contributed by atoms with Gasteiger partial charge in [-0.2, -0.15) is 0 Å². The predicted molar refractivity (Wildman–Crippen MR) is 101 cm³/mol. The third-order valence-corrected chi connectivity index (χ3v) is 5.69. The first kappa shape index (κ1) is 16.5. The average Bonchev–Trinajstić information content (AvgIpc) is 3.16. The Labute approximate surface area is 152 Å². The number of pyridine rings is 1. The van der Waals surface area contributed by atoms with E-state index in [-0.39, 0.29) is 23.1 Å². The number of nitrogens with two attached hydrogens (primary N) is 2. The molecule has 3 aromatic heterocycles. The summed E-state index contributed by atoms with van der Waals surface area (Å²) >= 11 is 1.55. The molecule has 0 saturated carbocycles. The molecule has 5 N–H and O–H groups in total. The van der Waals surface area contributed by atoms with Gasteiger partial charge in [-0.15, -0.1) is 11.3 Å². The number of thiophene rings is 1. The molecule has 3 aromatic rings. The van der Waals surface area contributed by atoms with E-state index in [4.69, 9.17) is 11.5 Å². The molecule has 2 atom stereocenters. The quantitative estimate of drug-likeness (QED) is 0.639. The highest BCUT2D eigenvalue weighted by atomic mass is 32.1. The van der Waals surface area contributed by atoms with E-state index in [1.807, 2.05) is 19.1 Å². The van der Waals surface area contributed by atoms with Gasteiger partial charge in [-0.25, -0.2) is 9.97 Å². The fraction of sp³-hybridized carbons (Fsp3) is 0.294. The molecule has 1 amide bonds. The molecule has 0 fully saturated rings. The number of carbonyl (C=O) groups excluding carboxylic acids is 1. The lowest BCUT2D eigenvalue weighted by Crippen LogP contribution is -2.36. The molecule has 0 aromatic carbocycles. The molecular weight excluding hydrogens is 352 g/mol. The summed E-state index contributed by atoms with van der Waals surface area (Å²) in [5.41, 5.74) is 11.1. The van der Waals surface area contributed by atoms with Gasteiger partial charge < -0.3 is 16.8 Å². The minimum atomic E-state index is -0.588. The van der Waals surface area contributed by atoms with Gasteiger partial charge in [0.25, 0.3) is 5.56 Å². The molecule has 134 valence electrons. The Balaban J connectivity index is 1.54. The second-order valence-electron chi connectivity index (χ2n) is 6.48. The fourth-order valence-electron chi connectivity index (χ4n) is 3.31. The maximum atomic E-state index is 12.7. The van der Waals surface area contributed by atoms with E-state index in [2.05, 4.69) is 15.3 Å². The number of nitrogens with zero attached hydrogens (tertiary/aromatic N) is 3. The molecular formula is C17H18N6O2S. The number of rotatable bonds is 3. The van der Waals surface area contributed by atoms with Gasteiger partial charge >= 0.3 is 0 Å². The van der Waals surface area contributed by atoms with Crippen molar-refractivity contribution in [3.63, 3.8) is 0 Å². The standard InChI is InChI=1S/C17H18N6O2S/c1-8-2-12(23-15(8)21-7-11(18)17(23)25)16(24)22-6-10-3-9-5-20-14(19)4-13(9)26-10/h3-5,7-8,12H,2,6,18H2,1H3,(H2,19,20)(H,22,24). The lowest BCUT2D eigenvalue weighted by molar-refractivity contribution is -0.124. The molecule has 9 heteroatoms. The first-order valence-corrected chi connectivity index (χ1v) is 9.04. The summed E-state index contributed by atoms with van der Waals surface area (Å²) in [5.74, 6) is 0.890. The third kappa shape index (κ3) is 2.70. The molecule has 4 heterocycles. The summed E-state index contributed by atoms with van der Waals surface area (Å²) in [6, 6.07) is 3.20. The van der Waals surface area contributed by atoms with E-state index in [1.54, 1.807) is 17.5 Å². The van der Waals surface area contributed by atoms with E-state index in [1.165, 1.54) is 10.8 Å². The van der Waals surface area contributed by atoms with Crippen LogP contribution in [-0.4, -0.2) is 20.4 Å². The van der Waals surface area contributed by atoms with Crippen LogP contribution >= 0.6 is 11.3 Å². The topological polar surface area (TPSA) is 129 Å². The zero-order chi connectivity index (χ0) is 18.4. The Morgan fingerprint density at radius 1 is 1.35 bits per heavy atom. The number of carbonyl (C=O) groups is 1. The minimum Gasteiger partial charge on any atom is -0.393 e. The van der Waals surface area contributed by atoms with Crippen LogP contribution in [0.2, 0.25) is 0 Å². The molecule has 1 aliphatic rings. The van der Waals surface area contributed by atoms with Crippen LogP contribution in [-0.2, 0) is 11.3 Å². The minimum absolute atomic E-state index is 0.0254. The highest BCUT2D eigenvalue weighted by Gasteiger charge is 2.35. The van der Waals surface area contributed by atoms with Gasteiger partial charge in [0.15, 0.2) is 0 Å². The second kappa shape index (κ2) is 6.10. The van der Waals surface area contributed by atoms with Crippen molar-refractivity contribution in [3.8, 4) is 0 Å². The van der Waals surface area contributed by atoms with Gasteiger partial charge in [0, 0.05) is 27.1 Å². The van der Waals surface area contributed by atoms with Crippen molar-refractivity contribution in [2.75, 3.05) is 11.5 Å². The lowest BCUT2D eigenvalue weighted by atomic mass is 10.1. The molecule has 0 aliphatic carbocycles. The normalized spacial score (nSPS) is 18.8. The molecule has 4 rings (SSSR count). The molecule has 8 nitrogen and oxygen atoms in total. The lowest BCUT2D eigenvalue weighted by Gasteiger charge is -2.14.